The summed E-state index contributed by atoms with van der Waals surface area (Å²) in [6, 6.07) is 16.5. The highest BCUT2D eigenvalue weighted by molar-refractivity contribution is 5.28. The average molecular weight is 229 g/mol. The quantitative estimate of drug-likeness (QED) is 0.859. The lowest BCUT2D eigenvalue weighted by Gasteiger charge is -2.25. The van der Waals surface area contributed by atoms with Gasteiger partial charge in [-0.25, -0.2) is 4.39 Å². The summed E-state index contributed by atoms with van der Waals surface area (Å²) < 4.78 is 13.2. The van der Waals surface area contributed by atoms with Crippen molar-refractivity contribution in [1.82, 2.24) is 0 Å². The van der Waals surface area contributed by atoms with Gasteiger partial charge >= 0.3 is 0 Å². The topological polar surface area (TPSA) is 26.0 Å². The molecule has 0 amide bonds. The van der Waals surface area contributed by atoms with Crippen LogP contribution in [0.4, 0.5) is 4.39 Å². The normalized spacial score (nSPS) is 14.3. The Hall–Kier alpha value is -1.67. The Morgan fingerprint density at radius 1 is 1.06 bits per heavy atom. The zero-order chi connectivity index (χ0) is 12.3. The maximum absolute atomic E-state index is 13.2. The second-order valence-electron chi connectivity index (χ2n) is 4.59. The summed E-state index contributed by atoms with van der Waals surface area (Å²) in [4.78, 5) is 0. The van der Waals surface area contributed by atoms with Crippen LogP contribution < -0.4 is 5.73 Å². The summed E-state index contributed by atoms with van der Waals surface area (Å²) in [5, 5.41) is 0. The summed E-state index contributed by atoms with van der Waals surface area (Å²) in [6.07, 6.45) is 0.692. The van der Waals surface area contributed by atoms with Crippen molar-refractivity contribution in [2.75, 3.05) is 0 Å². The molecule has 2 aromatic rings. The number of hydrogen-bond donors (Lipinski definition) is 1. The van der Waals surface area contributed by atoms with Gasteiger partial charge in [-0.2, -0.15) is 0 Å². The molecule has 2 heteroatoms. The molecule has 0 saturated carbocycles. The molecule has 2 rings (SSSR count). The Kier molecular flexibility index (Phi) is 3.25. The van der Waals surface area contributed by atoms with Gasteiger partial charge in [-0.3, -0.25) is 0 Å². The van der Waals surface area contributed by atoms with Crippen molar-refractivity contribution in [3.8, 4) is 0 Å². The van der Waals surface area contributed by atoms with Gasteiger partial charge in [-0.15, -0.1) is 0 Å². The molecule has 0 spiro atoms. The average Bonchev–Trinajstić information content (AvgIpc) is 2.30. The van der Waals surface area contributed by atoms with Gasteiger partial charge in [0.1, 0.15) is 5.82 Å². The van der Waals surface area contributed by atoms with Gasteiger partial charge < -0.3 is 5.73 Å². The highest BCUT2D eigenvalue weighted by Gasteiger charge is 2.21. The van der Waals surface area contributed by atoms with E-state index in [1.165, 1.54) is 12.1 Å². The second-order valence-corrected chi connectivity index (χ2v) is 4.59. The Morgan fingerprint density at radius 2 is 1.76 bits per heavy atom. The SMILES string of the molecule is CC(N)(Cc1ccccc1)c1cccc(F)c1. The number of nitrogens with two attached hydrogens (primary N) is 1. The van der Waals surface area contributed by atoms with E-state index in [0.29, 0.717) is 6.42 Å². The van der Waals surface area contributed by atoms with Crippen LogP contribution >= 0.6 is 0 Å². The minimum atomic E-state index is -0.552. The summed E-state index contributed by atoms with van der Waals surface area (Å²) in [5.41, 5.74) is 7.70. The molecular formula is C15H16FN. The molecule has 2 N–H and O–H groups in total. The largest absolute Gasteiger partial charge is 0.321 e. The van der Waals surface area contributed by atoms with Crippen molar-refractivity contribution in [3.05, 3.63) is 71.5 Å². The van der Waals surface area contributed by atoms with Crippen LogP contribution in [0.15, 0.2) is 54.6 Å². The molecule has 0 aliphatic rings. The van der Waals surface area contributed by atoms with Crippen LogP contribution in [0.25, 0.3) is 0 Å². The molecule has 2 aromatic carbocycles. The minimum absolute atomic E-state index is 0.243. The Balaban J connectivity index is 2.25. The molecule has 1 unspecified atom stereocenters. The standard InChI is InChI=1S/C15H16FN/c1-15(17,11-12-6-3-2-4-7-12)13-8-5-9-14(16)10-13/h2-10H,11,17H2,1H3. The van der Waals surface area contributed by atoms with Crippen molar-refractivity contribution in [2.45, 2.75) is 18.9 Å². The smallest absolute Gasteiger partial charge is 0.123 e. The van der Waals surface area contributed by atoms with Gasteiger partial charge in [0.25, 0.3) is 0 Å². The molecule has 0 radical (unpaired) electrons. The van der Waals surface area contributed by atoms with Gasteiger partial charge in [-0.1, -0.05) is 42.5 Å². The Morgan fingerprint density at radius 3 is 2.41 bits per heavy atom. The molecule has 0 aliphatic heterocycles. The van der Waals surface area contributed by atoms with Crippen LogP contribution in [-0.4, -0.2) is 0 Å². The molecule has 0 fully saturated rings. The first-order valence-electron chi connectivity index (χ1n) is 5.67. The van der Waals surface area contributed by atoms with Crippen molar-refractivity contribution in [3.63, 3.8) is 0 Å². The highest BCUT2D eigenvalue weighted by atomic mass is 19.1. The lowest BCUT2D eigenvalue weighted by molar-refractivity contribution is 0.486. The van der Waals surface area contributed by atoms with Crippen LogP contribution in [0.5, 0.6) is 0 Å². The zero-order valence-corrected chi connectivity index (χ0v) is 9.86. The molecule has 0 heterocycles. The molecule has 1 atom stereocenters. The maximum atomic E-state index is 13.2. The van der Waals surface area contributed by atoms with Crippen LogP contribution in [-0.2, 0) is 12.0 Å². The van der Waals surface area contributed by atoms with E-state index in [0.717, 1.165) is 11.1 Å². The van der Waals surface area contributed by atoms with Crippen molar-refractivity contribution in [2.24, 2.45) is 5.73 Å². The fourth-order valence-corrected chi connectivity index (χ4v) is 1.97. The van der Waals surface area contributed by atoms with E-state index in [1.807, 2.05) is 43.3 Å². The third kappa shape index (κ3) is 2.92. The predicted octanol–water partition coefficient (Wildman–Crippen LogP) is 3.24. The summed E-state index contributed by atoms with van der Waals surface area (Å²) in [6.45, 7) is 1.93. The van der Waals surface area contributed by atoms with E-state index in [9.17, 15) is 4.39 Å². The van der Waals surface area contributed by atoms with Crippen LogP contribution in [0.1, 0.15) is 18.1 Å². The maximum Gasteiger partial charge on any atom is 0.123 e. The van der Waals surface area contributed by atoms with Crippen LogP contribution in [0, 0.1) is 5.82 Å². The second kappa shape index (κ2) is 4.68. The number of halogens is 1. The summed E-state index contributed by atoms with van der Waals surface area (Å²) in [5.74, 6) is -0.243. The van der Waals surface area contributed by atoms with E-state index in [2.05, 4.69) is 0 Å². The molecular weight excluding hydrogens is 213 g/mol. The lowest BCUT2D eigenvalue weighted by Crippen LogP contribution is -2.35. The fraction of sp³-hybridized carbons (Fsp3) is 0.200. The minimum Gasteiger partial charge on any atom is -0.321 e. The molecule has 0 aliphatic carbocycles. The first-order chi connectivity index (χ1) is 8.08. The van der Waals surface area contributed by atoms with Gasteiger partial charge in [0.15, 0.2) is 0 Å². The van der Waals surface area contributed by atoms with E-state index in [1.54, 1.807) is 6.07 Å². The zero-order valence-electron chi connectivity index (χ0n) is 9.86. The molecule has 1 nitrogen and oxygen atoms in total. The van der Waals surface area contributed by atoms with E-state index < -0.39 is 5.54 Å². The molecule has 88 valence electrons. The van der Waals surface area contributed by atoms with E-state index in [-0.39, 0.29) is 5.82 Å². The van der Waals surface area contributed by atoms with Crippen LogP contribution in [0.3, 0.4) is 0 Å². The first kappa shape index (κ1) is 11.8. The lowest BCUT2D eigenvalue weighted by atomic mass is 9.86. The third-order valence-electron chi connectivity index (χ3n) is 2.90. The van der Waals surface area contributed by atoms with Gasteiger partial charge in [-0.05, 0) is 36.6 Å². The van der Waals surface area contributed by atoms with Gasteiger partial charge in [0.2, 0.25) is 0 Å². The number of rotatable bonds is 3. The van der Waals surface area contributed by atoms with Crippen molar-refractivity contribution in [1.29, 1.82) is 0 Å². The van der Waals surface area contributed by atoms with Gasteiger partial charge in [0, 0.05) is 5.54 Å². The first-order valence-corrected chi connectivity index (χ1v) is 5.67. The highest BCUT2D eigenvalue weighted by Crippen LogP contribution is 2.23. The molecule has 0 bridgehead atoms. The summed E-state index contributed by atoms with van der Waals surface area (Å²) in [7, 11) is 0. The summed E-state index contributed by atoms with van der Waals surface area (Å²) >= 11 is 0. The van der Waals surface area contributed by atoms with Crippen LogP contribution in [0.2, 0.25) is 0 Å². The molecule has 0 saturated heterocycles. The van der Waals surface area contributed by atoms with Crippen molar-refractivity contribution >= 4 is 0 Å². The van der Waals surface area contributed by atoms with E-state index in [4.69, 9.17) is 5.73 Å². The van der Waals surface area contributed by atoms with E-state index >= 15 is 0 Å². The van der Waals surface area contributed by atoms with Crippen molar-refractivity contribution < 1.29 is 4.39 Å². The monoisotopic (exact) mass is 229 g/mol. The Bertz CT molecular complexity index is 491. The number of hydrogen-bond acceptors (Lipinski definition) is 1. The predicted molar refractivity (Wildman–Crippen MR) is 68.1 cm³/mol. The number of benzene rings is 2. The third-order valence-corrected chi connectivity index (χ3v) is 2.90. The fourth-order valence-electron chi connectivity index (χ4n) is 1.97. The van der Waals surface area contributed by atoms with Gasteiger partial charge in [0.05, 0.1) is 0 Å². The molecule has 0 aromatic heterocycles. The molecule has 17 heavy (non-hydrogen) atoms. The Labute approximate surface area is 101 Å².